The fourth-order valence-electron chi connectivity index (χ4n) is 3.15. The predicted octanol–water partition coefficient (Wildman–Crippen LogP) is 0.901. The minimum Gasteiger partial charge on any atom is -0.353 e. The van der Waals surface area contributed by atoms with Gasteiger partial charge in [0, 0.05) is 12.0 Å². The van der Waals surface area contributed by atoms with E-state index in [1.54, 1.807) is 0 Å². The molecule has 1 saturated heterocycles. The van der Waals surface area contributed by atoms with E-state index in [1.165, 1.54) is 19.3 Å². The largest absolute Gasteiger partial charge is 0.353 e. The molecule has 3 rings (SSSR count). The van der Waals surface area contributed by atoms with Crippen molar-refractivity contribution in [3.05, 3.63) is 0 Å². The van der Waals surface area contributed by atoms with E-state index in [2.05, 4.69) is 10.6 Å². The molecule has 1 aliphatic heterocycles. The van der Waals surface area contributed by atoms with Crippen LogP contribution in [0.5, 0.6) is 0 Å². The van der Waals surface area contributed by atoms with Gasteiger partial charge in [-0.15, -0.1) is 0 Å². The van der Waals surface area contributed by atoms with Crippen LogP contribution in [0.3, 0.4) is 0 Å². The molecule has 2 saturated carbocycles. The normalized spacial score (nSPS) is 39.9. The maximum absolute atomic E-state index is 11.9. The second-order valence-corrected chi connectivity index (χ2v) is 5.58. The van der Waals surface area contributed by atoms with E-state index < -0.39 is 0 Å². The van der Waals surface area contributed by atoms with Crippen LogP contribution in [0.25, 0.3) is 0 Å². The number of hydrogen-bond donors (Lipinski definition) is 2. The van der Waals surface area contributed by atoms with Crippen LogP contribution < -0.4 is 10.6 Å². The number of fused-ring (bicyclic) bond motifs is 2. The van der Waals surface area contributed by atoms with Gasteiger partial charge >= 0.3 is 0 Å². The van der Waals surface area contributed by atoms with Crippen molar-refractivity contribution in [2.75, 3.05) is 13.1 Å². The van der Waals surface area contributed by atoms with E-state index in [-0.39, 0.29) is 0 Å². The summed E-state index contributed by atoms with van der Waals surface area (Å²) in [6, 6.07) is 0.525. The van der Waals surface area contributed by atoms with Crippen molar-refractivity contribution in [2.24, 2.45) is 17.8 Å². The van der Waals surface area contributed by atoms with Crippen molar-refractivity contribution < 1.29 is 4.79 Å². The molecule has 0 aromatic carbocycles. The van der Waals surface area contributed by atoms with Crippen LogP contribution in [0.4, 0.5) is 0 Å². The van der Waals surface area contributed by atoms with Gasteiger partial charge in [0.25, 0.3) is 0 Å². The summed E-state index contributed by atoms with van der Waals surface area (Å²) in [6.45, 7) is 2.26. The molecule has 3 fully saturated rings. The molecule has 3 nitrogen and oxygen atoms in total. The lowest BCUT2D eigenvalue weighted by molar-refractivity contribution is -0.127. The summed E-state index contributed by atoms with van der Waals surface area (Å²) in [5.41, 5.74) is 0. The first-order valence-electron chi connectivity index (χ1n) is 6.32. The Hall–Kier alpha value is -0.570. The number of carbonyl (C=O) groups is 1. The summed E-state index contributed by atoms with van der Waals surface area (Å²) < 4.78 is 0. The number of nitrogens with one attached hydrogen (secondary N) is 2. The molecule has 1 heterocycles. The highest BCUT2D eigenvalue weighted by atomic mass is 16.2. The molecule has 2 atom stereocenters. The molecule has 0 aromatic rings. The summed E-state index contributed by atoms with van der Waals surface area (Å²) in [5, 5.41) is 6.62. The first kappa shape index (κ1) is 9.64. The van der Waals surface area contributed by atoms with Gasteiger partial charge < -0.3 is 10.6 Å². The van der Waals surface area contributed by atoms with Crippen molar-refractivity contribution >= 4 is 5.91 Å². The Morgan fingerprint density at radius 2 is 1.73 bits per heavy atom. The van der Waals surface area contributed by atoms with Crippen molar-refractivity contribution in [3.63, 3.8) is 0 Å². The molecular formula is C12H20N2O. The lowest BCUT2D eigenvalue weighted by atomic mass is 9.73. The Morgan fingerprint density at radius 3 is 2.33 bits per heavy atom. The summed E-state index contributed by atoms with van der Waals surface area (Å²) >= 11 is 0. The van der Waals surface area contributed by atoms with Gasteiger partial charge in [0.2, 0.25) is 5.91 Å². The molecule has 2 bridgehead atoms. The topological polar surface area (TPSA) is 41.1 Å². The zero-order chi connectivity index (χ0) is 10.3. The summed E-state index contributed by atoms with van der Waals surface area (Å²) in [7, 11) is 0. The van der Waals surface area contributed by atoms with Gasteiger partial charge in [0.1, 0.15) is 0 Å². The lowest BCUT2D eigenvalue weighted by Gasteiger charge is -2.38. The van der Waals surface area contributed by atoms with Crippen molar-refractivity contribution in [1.29, 1.82) is 0 Å². The molecule has 2 unspecified atom stereocenters. The summed E-state index contributed by atoms with van der Waals surface area (Å²) in [6.07, 6.45) is 5.98. The third-order valence-electron chi connectivity index (χ3n) is 4.06. The number of hydrogen-bond acceptors (Lipinski definition) is 2. The highest BCUT2D eigenvalue weighted by molar-refractivity contribution is 5.79. The molecular weight excluding hydrogens is 188 g/mol. The van der Waals surface area contributed by atoms with Gasteiger partial charge in [-0.05, 0) is 57.0 Å². The van der Waals surface area contributed by atoms with E-state index >= 15 is 0 Å². The van der Waals surface area contributed by atoms with Crippen molar-refractivity contribution in [1.82, 2.24) is 10.6 Å². The van der Waals surface area contributed by atoms with Crippen LogP contribution in [0, 0.1) is 17.8 Å². The standard InChI is InChI=1S/C12H20N2O/c15-12(14-11-1-2-11)10-4-8-3-9(5-10)7-13-6-8/h8-11,13H,1-7H2,(H,14,15). The van der Waals surface area contributed by atoms with Crippen LogP contribution in [0.2, 0.25) is 0 Å². The van der Waals surface area contributed by atoms with E-state index in [1.807, 2.05) is 0 Å². The zero-order valence-corrected chi connectivity index (χ0v) is 9.17. The molecule has 0 spiro atoms. The maximum atomic E-state index is 11.9. The number of rotatable bonds is 2. The zero-order valence-electron chi connectivity index (χ0n) is 9.17. The van der Waals surface area contributed by atoms with E-state index in [4.69, 9.17) is 0 Å². The Balaban J connectivity index is 1.58. The monoisotopic (exact) mass is 208 g/mol. The average Bonchev–Trinajstić information content (AvgIpc) is 3.01. The third kappa shape index (κ3) is 2.17. The SMILES string of the molecule is O=C(NC1CC1)C1CC2CNCC(C2)C1. The molecule has 1 amide bonds. The lowest BCUT2D eigenvalue weighted by Crippen LogP contribution is -2.45. The van der Waals surface area contributed by atoms with Crippen LogP contribution >= 0.6 is 0 Å². The maximum Gasteiger partial charge on any atom is 0.223 e. The molecule has 2 N–H and O–H groups in total. The van der Waals surface area contributed by atoms with Gasteiger partial charge in [-0.3, -0.25) is 4.79 Å². The van der Waals surface area contributed by atoms with Crippen LogP contribution in [-0.2, 0) is 4.79 Å². The number of piperidine rings is 1. The second kappa shape index (κ2) is 3.78. The van der Waals surface area contributed by atoms with Crippen LogP contribution in [0.1, 0.15) is 32.1 Å². The quantitative estimate of drug-likeness (QED) is 0.708. The molecule has 3 aliphatic rings. The van der Waals surface area contributed by atoms with Gasteiger partial charge in [-0.2, -0.15) is 0 Å². The molecule has 84 valence electrons. The molecule has 2 aliphatic carbocycles. The van der Waals surface area contributed by atoms with Gasteiger partial charge in [0.05, 0.1) is 0 Å². The Morgan fingerprint density at radius 1 is 1.07 bits per heavy atom. The average molecular weight is 208 g/mol. The van der Waals surface area contributed by atoms with Gasteiger partial charge in [-0.25, -0.2) is 0 Å². The number of amides is 1. The predicted molar refractivity (Wildman–Crippen MR) is 58.4 cm³/mol. The second-order valence-electron chi connectivity index (χ2n) is 5.58. The Labute approximate surface area is 91.0 Å². The summed E-state index contributed by atoms with van der Waals surface area (Å²) in [4.78, 5) is 11.9. The van der Waals surface area contributed by atoms with Crippen LogP contribution in [-0.4, -0.2) is 25.0 Å². The highest BCUT2D eigenvalue weighted by Gasteiger charge is 2.36. The molecule has 3 heteroatoms. The van der Waals surface area contributed by atoms with Crippen molar-refractivity contribution in [3.8, 4) is 0 Å². The summed E-state index contributed by atoms with van der Waals surface area (Å²) in [5.74, 6) is 2.17. The van der Waals surface area contributed by atoms with E-state index in [0.717, 1.165) is 37.8 Å². The fourth-order valence-corrected chi connectivity index (χ4v) is 3.15. The number of carbonyl (C=O) groups excluding carboxylic acids is 1. The highest BCUT2D eigenvalue weighted by Crippen LogP contribution is 2.35. The van der Waals surface area contributed by atoms with E-state index in [0.29, 0.717) is 17.9 Å². The van der Waals surface area contributed by atoms with Crippen LogP contribution in [0.15, 0.2) is 0 Å². The third-order valence-corrected chi connectivity index (χ3v) is 4.06. The van der Waals surface area contributed by atoms with Gasteiger partial charge in [-0.1, -0.05) is 0 Å². The molecule has 0 aromatic heterocycles. The molecule has 15 heavy (non-hydrogen) atoms. The first-order valence-corrected chi connectivity index (χ1v) is 6.32. The molecule has 0 radical (unpaired) electrons. The van der Waals surface area contributed by atoms with Gasteiger partial charge in [0.15, 0.2) is 0 Å². The Bertz CT molecular complexity index is 250. The minimum atomic E-state index is 0.316. The minimum absolute atomic E-state index is 0.316. The fraction of sp³-hybridized carbons (Fsp3) is 0.917. The van der Waals surface area contributed by atoms with E-state index in [9.17, 15) is 4.79 Å². The van der Waals surface area contributed by atoms with Crippen molar-refractivity contribution in [2.45, 2.75) is 38.1 Å². The Kier molecular flexibility index (Phi) is 2.43. The first-order chi connectivity index (χ1) is 7.31. The smallest absolute Gasteiger partial charge is 0.223 e.